The van der Waals surface area contributed by atoms with Crippen LogP contribution in [0.25, 0.3) is 0 Å². The third-order valence-corrected chi connectivity index (χ3v) is 3.12. The van der Waals surface area contributed by atoms with Crippen LogP contribution < -0.4 is 5.32 Å². The second kappa shape index (κ2) is 4.56. The van der Waals surface area contributed by atoms with Crippen molar-refractivity contribution < 1.29 is 9.18 Å². The Morgan fingerprint density at radius 1 is 1.28 bits per heavy atom. The van der Waals surface area contributed by atoms with Crippen molar-refractivity contribution in [2.75, 3.05) is 5.32 Å². The second-order valence-corrected chi connectivity index (χ2v) is 5.74. The maximum absolute atomic E-state index is 13.2. The Morgan fingerprint density at radius 3 is 2.61 bits per heavy atom. The van der Waals surface area contributed by atoms with Crippen molar-refractivity contribution in [3.05, 3.63) is 41.4 Å². The van der Waals surface area contributed by atoms with E-state index >= 15 is 0 Å². The molecule has 0 atom stereocenters. The van der Waals surface area contributed by atoms with Crippen LogP contribution in [0.1, 0.15) is 32.3 Å². The van der Waals surface area contributed by atoms with Gasteiger partial charge in [0.15, 0.2) is 5.78 Å². The maximum atomic E-state index is 13.2. The summed E-state index contributed by atoms with van der Waals surface area (Å²) in [5.41, 5.74) is 2.32. The van der Waals surface area contributed by atoms with Crippen LogP contribution in [0, 0.1) is 18.2 Å². The molecule has 1 aliphatic carbocycles. The Kier molecular flexibility index (Phi) is 3.24. The van der Waals surface area contributed by atoms with E-state index in [4.69, 9.17) is 0 Å². The van der Waals surface area contributed by atoms with Crippen molar-refractivity contribution in [3.8, 4) is 0 Å². The van der Waals surface area contributed by atoms with Crippen LogP contribution in [0.2, 0.25) is 0 Å². The number of nitrogens with one attached hydrogen (secondary N) is 1. The summed E-state index contributed by atoms with van der Waals surface area (Å²) < 4.78 is 13.2. The lowest BCUT2D eigenvalue weighted by Crippen LogP contribution is -2.24. The molecule has 0 bridgehead atoms. The first kappa shape index (κ1) is 12.8. The first-order valence-corrected chi connectivity index (χ1v) is 6.12. The molecule has 0 amide bonds. The predicted molar refractivity (Wildman–Crippen MR) is 70.9 cm³/mol. The van der Waals surface area contributed by atoms with Crippen LogP contribution in [0.4, 0.5) is 10.1 Å². The largest absolute Gasteiger partial charge is 0.359 e. The number of carbonyl (C=O) groups is 1. The lowest BCUT2D eigenvalue weighted by atomic mass is 9.79. The van der Waals surface area contributed by atoms with E-state index in [-0.39, 0.29) is 17.0 Å². The fourth-order valence-electron chi connectivity index (χ4n) is 2.33. The van der Waals surface area contributed by atoms with Gasteiger partial charge in [0.1, 0.15) is 5.82 Å². The van der Waals surface area contributed by atoms with Crippen molar-refractivity contribution >= 4 is 11.5 Å². The third-order valence-electron chi connectivity index (χ3n) is 3.12. The Labute approximate surface area is 107 Å². The van der Waals surface area contributed by atoms with E-state index in [2.05, 4.69) is 19.2 Å². The number of benzene rings is 1. The van der Waals surface area contributed by atoms with E-state index < -0.39 is 0 Å². The summed E-state index contributed by atoms with van der Waals surface area (Å²) in [6, 6.07) is 4.88. The van der Waals surface area contributed by atoms with Gasteiger partial charge in [-0.1, -0.05) is 13.8 Å². The molecule has 96 valence electrons. The van der Waals surface area contributed by atoms with E-state index in [9.17, 15) is 9.18 Å². The Bertz CT molecular complexity index is 517. The van der Waals surface area contributed by atoms with Gasteiger partial charge in [-0.2, -0.15) is 0 Å². The van der Waals surface area contributed by atoms with E-state index in [1.54, 1.807) is 25.1 Å². The van der Waals surface area contributed by atoms with Crippen molar-refractivity contribution in [3.63, 3.8) is 0 Å². The summed E-state index contributed by atoms with van der Waals surface area (Å²) in [4.78, 5) is 11.6. The molecule has 2 rings (SSSR count). The topological polar surface area (TPSA) is 29.1 Å². The minimum Gasteiger partial charge on any atom is -0.359 e. The lowest BCUT2D eigenvalue weighted by Gasteiger charge is -2.29. The molecule has 0 spiro atoms. The van der Waals surface area contributed by atoms with Gasteiger partial charge in [0.05, 0.1) is 0 Å². The van der Waals surface area contributed by atoms with Gasteiger partial charge in [0.2, 0.25) is 0 Å². The molecule has 1 aromatic rings. The standard InChI is InChI=1S/C15H18FNO/c1-10-6-11(4-5-14(10)16)17-12-7-13(18)9-15(2,3)8-12/h4-7,17H,8-9H2,1-3H3. The maximum Gasteiger partial charge on any atom is 0.157 e. The molecule has 0 saturated carbocycles. The normalized spacial score (nSPS) is 18.4. The van der Waals surface area contributed by atoms with Gasteiger partial charge in [-0.25, -0.2) is 4.39 Å². The van der Waals surface area contributed by atoms with Gasteiger partial charge in [0, 0.05) is 23.9 Å². The Balaban J connectivity index is 2.18. The summed E-state index contributed by atoms with van der Waals surface area (Å²) in [6.45, 7) is 5.88. The highest BCUT2D eigenvalue weighted by molar-refractivity contribution is 5.92. The molecule has 1 N–H and O–H groups in total. The quantitative estimate of drug-likeness (QED) is 0.860. The average molecular weight is 247 g/mol. The number of hydrogen-bond acceptors (Lipinski definition) is 2. The molecule has 0 aliphatic heterocycles. The van der Waals surface area contributed by atoms with Crippen LogP contribution in [0.5, 0.6) is 0 Å². The fourth-order valence-corrected chi connectivity index (χ4v) is 2.33. The highest BCUT2D eigenvalue weighted by Gasteiger charge is 2.27. The minimum absolute atomic E-state index is 0.0107. The van der Waals surface area contributed by atoms with Crippen LogP contribution in [0.3, 0.4) is 0 Å². The average Bonchev–Trinajstić information content (AvgIpc) is 2.20. The summed E-state index contributed by atoms with van der Waals surface area (Å²) in [5.74, 6) is -0.0674. The van der Waals surface area contributed by atoms with Gasteiger partial charge >= 0.3 is 0 Å². The second-order valence-electron chi connectivity index (χ2n) is 5.74. The molecular weight excluding hydrogens is 229 g/mol. The number of halogens is 1. The zero-order chi connectivity index (χ0) is 13.3. The zero-order valence-corrected chi connectivity index (χ0v) is 11.0. The molecule has 0 aromatic heterocycles. The highest BCUT2D eigenvalue weighted by atomic mass is 19.1. The summed E-state index contributed by atoms with van der Waals surface area (Å²) in [6.07, 6.45) is 3.07. The minimum atomic E-state index is -0.213. The number of allylic oxidation sites excluding steroid dienone is 2. The first-order valence-electron chi connectivity index (χ1n) is 6.12. The summed E-state index contributed by atoms with van der Waals surface area (Å²) in [5, 5.41) is 3.21. The number of anilines is 1. The predicted octanol–water partition coefficient (Wildman–Crippen LogP) is 3.82. The summed E-state index contributed by atoms with van der Waals surface area (Å²) >= 11 is 0. The lowest BCUT2D eigenvalue weighted by molar-refractivity contribution is -0.117. The molecule has 0 radical (unpaired) electrons. The molecule has 0 heterocycles. The number of rotatable bonds is 2. The molecule has 1 aliphatic rings. The van der Waals surface area contributed by atoms with Gasteiger partial charge in [-0.05, 0) is 42.5 Å². The van der Waals surface area contributed by atoms with E-state index in [1.165, 1.54) is 6.07 Å². The van der Waals surface area contributed by atoms with Gasteiger partial charge in [-0.3, -0.25) is 4.79 Å². The first-order chi connectivity index (χ1) is 8.35. The molecular formula is C15H18FNO. The van der Waals surface area contributed by atoms with Gasteiger partial charge in [0.25, 0.3) is 0 Å². The van der Waals surface area contributed by atoms with Crippen molar-refractivity contribution in [1.82, 2.24) is 0 Å². The van der Waals surface area contributed by atoms with Crippen LogP contribution in [-0.4, -0.2) is 5.78 Å². The molecule has 3 heteroatoms. The van der Waals surface area contributed by atoms with E-state index in [0.29, 0.717) is 12.0 Å². The SMILES string of the molecule is Cc1cc(NC2=CC(=O)CC(C)(C)C2)ccc1F. The van der Waals surface area contributed by atoms with E-state index in [1.807, 2.05) is 0 Å². The Morgan fingerprint density at radius 2 is 2.00 bits per heavy atom. The third kappa shape index (κ3) is 2.97. The van der Waals surface area contributed by atoms with Gasteiger partial charge in [-0.15, -0.1) is 0 Å². The molecule has 18 heavy (non-hydrogen) atoms. The smallest absolute Gasteiger partial charge is 0.157 e. The summed E-state index contributed by atoms with van der Waals surface area (Å²) in [7, 11) is 0. The van der Waals surface area contributed by atoms with Crippen LogP contribution in [0.15, 0.2) is 30.0 Å². The zero-order valence-electron chi connectivity index (χ0n) is 11.0. The van der Waals surface area contributed by atoms with Crippen molar-refractivity contribution in [2.45, 2.75) is 33.6 Å². The molecule has 1 aromatic carbocycles. The van der Waals surface area contributed by atoms with Crippen molar-refractivity contribution in [1.29, 1.82) is 0 Å². The fraction of sp³-hybridized carbons (Fsp3) is 0.400. The number of ketones is 1. The van der Waals surface area contributed by atoms with Crippen LogP contribution >= 0.6 is 0 Å². The highest BCUT2D eigenvalue weighted by Crippen LogP contribution is 2.34. The molecule has 0 saturated heterocycles. The number of carbonyl (C=O) groups excluding carboxylic acids is 1. The van der Waals surface area contributed by atoms with Gasteiger partial charge < -0.3 is 5.32 Å². The monoisotopic (exact) mass is 247 g/mol. The number of aryl methyl sites for hydroxylation is 1. The number of hydrogen-bond donors (Lipinski definition) is 1. The molecule has 0 unspecified atom stereocenters. The van der Waals surface area contributed by atoms with Crippen LogP contribution in [-0.2, 0) is 4.79 Å². The molecule has 0 fully saturated rings. The van der Waals surface area contributed by atoms with Crippen molar-refractivity contribution in [2.24, 2.45) is 5.41 Å². The van der Waals surface area contributed by atoms with E-state index in [0.717, 1.165) is 17.8 Å². The molecule has 2 nitrogen and oxygen atoms in total. The Hall–Kier alpha value is -1.64.